The lowest BCUT2D eigenvalue weighted by Crippen LogP contribution is -2.18. The van der Waals surface area contributed by atoms with Crippen LogP contribution in [0.15, 0.2) is 48.5 Å². The molecule has 0 spiro atoms. The molecule has 2 aromatic carbocycles. The molecule has 3 heteroatoms. The van der Waals surface area contributed by atoms with Gasteiger partial charge in [0, 0.05) is 6.07 Å². The lowest BCUT2D eigenvalue weighted by molar-refractivity contribution is -0.135. The molecule has 0 fully saturated rings. The molecule has 0 aromatic heterocycles. The van der Waals surface area contributed by atoms with E-state index in [2.05, 4.69) is 19.1 Å². The average molecular weight is 296 g/mol. The van der Waals surface area contributed by atoms with Gasteiger partial charge in [0.15, 0.2) is 0 Å². The van der Waals surface area contributed by atoms with Crippen LogP contribution in [0.3, 0.4) is 0 Å². The average Bonchev–Trinajstić information content (AvgIpc) is 2.53. The van der Waals surface area contributed by atoms with E-state index in [0.29, 0.717) is 12.2 Å². The summed E-state index contributed by atoms with van der Waals surface area (Å²) < 4.78 is 11.4. The predicted octanol–water partition coefficient (Wildman–Crippen LogP) is 4.63. The van der Waals surface area contributed by atoms with Crippen molar-refractivity contribution in [1.82, 2.24) is 0 Å². The van der Waals surface area contributed by atoms with E-state index in [1.165, 1.54) is 0 Å². The van der Waals surface area contributed by atoms with Gasteiger partial charge in [-0.05, 0) is 29.5 Å². The molecule has 1 aliphatic heterocycles. The smallest absolute Gasteiger partial charge is 0.311 e. The van der Waals surface area contributed by atoms with Crippen molar-refractivity contribution in [2.24, 2.45) is 0 Å². The molecule has 114 valence electrons. The molecule has 0 saturated heterocycles. The van der Waals surface area contributed by atoms with Gasteiger partial charge in [0.2, 0.25) is 0 Å². The summed E-state index contributed by atoms with van der Waals surface area (Å²) in [4.78, 5) is 11.6. The molecular weight excluding hydrogens is 276 g/mol. The number of ether oxygens (including phenoxy) is 2. The van der Waals surface area contributed by atoms with Gasteiger partial charge >= 0.3 is 5.97 Å². The summed E-state index contributed by atoms with van der Waals surface area (Å²) in [5.41, 5.74) is 2.22. The quantitative estimate of drug-likeness (QED) is 0.609. The summed E-state index contributed by atoms with van der Waals surface area (Å²) in [7, 11) is 0. The Morgan fingerprint density at radius 2 is 2.00 bits per heavy atom. The number of fused-ring (bicyclic) bond motifs is 1. The molecule has 3 nitrogen and oxygen atoms in total. The topological polar surface area (TPSA) is 35.5 Å². The van der Waals surface area contributed by atoms with Crippen LogP contribution < -0.4 is 9.47 Å². The van der Waals surface area contributed by atoms with E-state index >= 15 is 0 Å². The zero-order chi connectivity index (χ0) is 15.5. The van der Waals surface area contributed by atoms with Crippen molar-refractivity contribution in [2.45, 2.75) is 38.7 Å². The molecule has 0 radical (unpaired) electrons. The van der Waals surface area contributed by atoms with Gasteiger partial charge in [-0.1, -0.05) is 50.2 Å². The second kappa shape index (κ2) is 6.22. The third-order valence-corrected chi connectivity index (χ3v) is 4.03. The Hall–Kier alpha value is -2.29. The van der Waals surface area contributed by atoms with Crippen LogP contribution in [0.25, 0.3) is 0 Å². The summed E-state index contributed by atoms with van der Waals surface area (Å²) in [6.07, 6.45) is 1.31. The molecule has 0 amide bonds. The van der Waals surface area contributed by atoms with Crippen LogP contribution >= 0.6 is 0 Å². The van der Waals surface area contributed by atoms with Gasteiger partial charge in [0.25, 0.3) is 0 Å². The number of benzene rings is 2. The van der Waals surface area contributed by atoms with Gasteiger partial charge in [0.1, 0.15) is 17.6 Å². The SMILES string of the molecule is CCC(Oc1ccc2c(c1)OC(=O)CC2C)c1ccccc1. The first-order valence-corrected chi connectivity index (χ1v) is 7.73. The monoisotopic (exact) mass is 296 g/mol. The first-order chi connectivity index (χ1) is 10.7. The maximum absolute atomic E-state index is 11.6. The van der Waals surface area contributed by atoms with Gasteiger partial charge in [-0.15, -0.1) is 0 Å². The van der Waals surface area contributed by atoms with E-state index in [4.69, 9.17) is 9.47 Å². The molecule has 1 heterocycles. The Bertz CT molecular complexity index is 664. The summed E-state index contributed by atoms with van der Waals surface area (Å²) >= 11 is 0. The number of hydrogen-bond acceptors (Lipinski definition) is 3. The normalized spacial score (nSPS) is 18.3. The molecule has 0 saturated carbocycles. The third kappa shape index (κ3) is 2.98. The van der Waals surface area contributed by atoms with E-state index in [1.807, 2.05) is 43.3 Å². The van der Waals surface area contributed by atoms with Crippen molar-refractivity contribution in [1.29, 1.82) is 0 Å². The molecule has 2 aromatic rings. The summed E-state index contributed by atoms with van der Waals surface area (Å²) in [5, 5.41) is 0. The fourth-order valence-corrected chi connectivity index (χ4v) is 2.83. The van der Waals surface area contributed by atoms with Gasteiger partial charge in [0.05, 0.1) is 6.42 Å². The number of esters is 1. The van der Waals surface area contributed by atoms with E-state index in [-0.39, 0.29) is 18.0 Å². The zero-order valence-corrected chi connectivity index (χ0v) is 12.9. The molecule has 2 atom stereocenters. The largest absolute Gasteiger partial charge is 0.486 e. The van der Waals surface area contributed by atoms with Crippen LogP contribution in [0.4, 0.5) is 0 Å². The summed E-state index contributed by atoms with van der Waals surface area (Å²) in [6, 6.07) is 15.9. The zero-order valence-electron chi connectivity index (χ0n) is 12.9. The second-order valence-electron chi connectivity index (χ2n) is 5.70. The Balaban J connectivity index is 1.84. The Morgan fingerprint density at radius 3 is 2.73 bits per heavy atom. The van der Waals surface area contributed by atoms with Gasteiger partial charge in [-0.25, -0.2) is 0 Å². The highest BCUT2D eigenvalue weighted by Crippen LogP contribution is 2.37. The molecule has 22 heavy (non-hydrogen) atoms. The van der Waals surface area contributed by atoms with Crippen LogP contribution in [0.5, 0.6) is 11.5 Å². The van der Waals surface area contributed by atoms with Crippen molar-refractivity contribution in [3.8, 4) is 11.5 Å². The van der Waals surface area contributed by atoms with Crippen LogP contribution in [0, 0.1) is 0 Å². The minimum absolute atomic E-state index is 0.00374. The molecule has 3 rings (SSSR count). The Labute approximate surface area is 130 Å². The molecule has 1 aliphatic rings. The van der Waals surface area contributed by atoms with E-state index in [9.17, 15) is 4.79 Å². The molecule has 0 N–H and O–H groups in total. The first-order valence-electron chi connectivity index (χ1n) is 7.73. The van der Waals surface area contributed by atoms with Crippen LogP contribution in [-0.2, 0) is 4.79 Å². The maximum Gasteiger partial charge on any atom is 0.311 e. The van der Waals surface area contributed by atoms with Crippen LogP contribution in [0.1, 0.15) is 49.8 Å². The highest BCUT2D eigenvalue weighted by atomic mass is 16.5. The third-order valence-electron chi connectivity index (χ3n) is 4.03. The van der Waals surface area contributed by atoms with Crippen LogP contribution in [0.2, 0.25) is 0 Å². The fourth-order valence-electron chi connectivity index (χ4n) is 2.83. The standard InChI is InChI=1S/C19H20O3/c1-3-17(14-7-5-4-6-8-14)21-15-9-10-16-13(2)11-19(20)22-18(16)12-15/h4-10,12-13,17H,3,11H2,1-2H3. The second-order valence-corrected chi connectivity index (χ2v) is 5.70. The number of carbonyl (C=O) groups is 1. The number of hydrogen-bond donors (Lipinski definition) is 0. The molecule has 0 aliphatic carbocycles. The molecule has 2 unspecified atom stereocenters. The van der Waals surface area contributed by atoms with Gasteiger partial charge in [-0.3, -0.25) is 4.79 Å². The lowest BCUT2D eigenvalue weighted by Gasteiger charge is -2.23. The van der Waals surface area contributed by atoms with Crippen molar-refractivity contribution in [3.63, 3.8) is 0 Å². The van der Waals surface area contributed by atoms with E-state index < -0.39 is 0 Å². The maximum atomic E-state index is 11.6. The lowest BCUT2D eigenvalue weighted by atomic mass is 9.95. The minimum Gasteiger partial charge on any atom is -0.486 e. The van der Waals surface area contributed by atoms with Crippen molar-refractivity contribution < 1.29 is 14.3 Å². The van der Waals surface area contributed by atoms with Crippen molar-refractivity contribution in [3.05, 3.63) is 59.7 Å². The molecular formula is C19H20O3. The molecule has 0 bridgehead atoms. The fraction of sp³-hybridized carbons (Fsp3) is 0.316. The highest BCUT2D eigenvalue weighted by Gasteiger charge is 2.24. The summed E-state index contributed by atoms with van der Waals surface area (Å²) in [6.45, 7) is 4.14. The Kier molecular flexibility index (Phi) is 4.14. The van der Waals surface area contributed by atoms with Gasteiger partial charge in [-0.2, -0.15) is 0 Å². The first kappa shape index (κ1) is 14.6. The van der Waals surface area contributed by atoms with E-state index in [0.717, 1.165) is 23.3 Å². The summed E-state index contributed by atoms with van der Waals surface area (Å²) in [5.74, 6) is 1.38. The van der Waals surface area contributed by atoms with Crippen LogP contribution in [-0.4, -0.2) is 5.97 Å². The van der Waals surface area contributed by atoms with Crippen molar-refractivity contribution in [2.75, 3.05) is 0 Å². The van der Waals surface area contributed by atoms with Gasteiger partial charge < -0.3 is 9.47 Å². The van der Waals surface area contributed by atoms with Crippen molar-refractivity contribution >= 4 is 5.97 Å². The van der Waals surface area contributed by atoms with E-state index in [1.54, 1.807) is 0 Å². The number of carbonyl (C=O) groups excluding carboxylic acids is 1. The highest BCUT2D eigenvalue weighted by molar-refractivity contribution is 5.76. The minimum atomic E-state index is -0.174. The number of rotatable bonds is 4. The predicted molar refractivity (Wildman–Crippen MR) is 85.2 cm³/mol. The Morgan fingerprint density at radius 1 is 1.23 bits per heavy atom.